The second-order valence-electron chi connectivity index (χ2n) is 6.00. The summed E-state index contributed by atoms with van der Waals surface area (Å²) in [5.41, 5.74) is 2.11. The maximum atomic E-state index is 6.29. The van der Waals surface area contributed by atoms with E-state index in [1.54, 1.807) is 7.11 Å². The molecule has 1 aliphatic rings. The molecular formula is C20H25ClIN3O3. The molecule has 3 rings (SSSR count). The van der Waals surface area contributed by atoms with Gasteiger partial charge < -0.3 is 24.8 Å². The third-order valence-corrected chi connectivity index (χ3v) is 4.32. The highest BCUT2D eigenvalue weighted by Crippen LogP contribution is 2.38. The maximum Gasteiger partial charge on any atom is 0.191 e. The van der Waals surface area contributed by atoms with Gasteiger partial charge in [0.25, 0.3) is 0 Å². The Morgan fingerprint density at radius 2 is 1.86 bits per heavy atom. The van der Waals surface area contributed by atoms with Crippen LogP contribution in [-0.4, -0.2) is 32.8 Å². The number of methoxy groups -OCH3 is 1. The van der Waals surface area contributed by atoms with Crippen LogP contribution in [0.4, 0.5) is 0 Å². The number of fused-ring (bicyclic) bond motifs is 1. The van der Waals surface area contributed by atoms with Gasteiger partial charge in [0.05, 0.1) is 18.7 Å². The zero-order valence-corrected chi connectivity index (χ0v) is 19.0. The predicted octanol–water partition coefficient (Wildman–Crippen LogP) is 3.99. The summed E-state index contributed by atoms with van der Waals surface area (Å²) in [4.78, 5) is 4.64. The zero-order valence-electron chi connectivity index (χ0n) is 16.0. The van der Waals surface area contributed by atoms with Gasteiger partial charge in [0.1, 0.15) is 19.0 Å². The molecule has 0 atom stereocenters. The van der Waals surface area contributed by atoms with Crippen LogP contribution in [0.3, 0.4) is 0 Å². The summed E-state index contributed by atoms with van der Waals surface area (Å²) in [6.07, 6.45) is 0. The Labute approximate surface area is 187 Å². The SMILES string of the molecule is CCNC(=NCc1cc(Cl)c2c(c1)OCCO2)NCc1ccc(OC)cc1.I. The average molecular weight is 518 g/mol. The Morgan fingerprint density at radius 3 is 2.57 bits per heavy atom. The third-order valence-electron chi connectivity index (χ3n) is 4.04. The first kappa shape index (κ1) is 22.4. The minimum atomic E-state index is 0. The summed E-state index contributed by atoms with van der Waals surface area (Å²) in [6.45, 7) is 5.00. The Morgan fingerprint density at radius 1 is 1.11 bits per heavy atom. The second kappa shape index (κ2) is 11.2. The number of halogens is 2. The molecule has 0 saturated carbocycles. The highest BCUT2D eigenvalue weighted by molar-refractivity contribution is 14.0. The first-order valence-corrected chi connectivity index (χ1v) is 9.30. The minimum absolute atomic E-state index is 0. The lowest BCUT2D eigenvalue weighted by Gasteiger charge is -2.20. The van der Waals surface area contributed by atoms with Gasteiger partial charge in [0.15, 0.2) is 17.5 Å². The number of rotatable bonds is 6. The van der Waals surface area contributed by atoms with Gasteiger partial charge in [-0.05, 0) is 42.3 Å². The molecule has 152 valence electrons. The maximum absolute atomic E-state index is 6.29. The Balaban J connectivity index is 0.00000280. The molecule has 2 aromatic carbocycles. The van der Waals surface area contributed by atoms with Crippen molar-refractivity contribution in [2.75, 3.05) is 26.9 Å². The van der Waals surface area contributed by atoms with Gasteiger partial charge in [-0.1, -0.05) is 23.7 Å². The second-order valence-corrected chi connectivity index (χ2v) is 6.41. The van der Waals surface area contributed by atoms with E-state index in [9.17, 15) is 0 Å². The molecule has 0 saturated heterocycles. The molecule has 0 spiro atoms. The molecule has 0 unspecified atom stereocenters. The molecule has 0 aliphatic carbocycles. The van der Waals surface area contributed by atoms with Crippen LogP contribution in [0.25, 0.3) is 0 Å². The lowest BCUT2D eigenvalue weighted by molar-refractivity contribution is 0.171. The Bertz CT molecular complexity index is 800. The quantitative estimate of drug-likeness (QED) is 0.345. The normalized spacial score (nSPS) is 12.8. The number of guanidine groups is 1. The topological polar surface area (TPSA) is 64.1 Å². The fraction of sp³-hybridized carbons (Fsp3) is 0.350. The molecule has 0 radical (unpaired) electrons. The zero-order chi connectivity index (χ0) is 19.1. The summed E-state index contributed by atoms with van der Waals surface area (Å²) in [5, 5.41) is 7.13. The molecule has 28 heavy (non-hydrogen) atoms. The number of hydrogen-bond acceptors (Lipinski definition) is 4. The molecule has 0 fully saturated rings. The molecule has 8 heteroatoms. The Kier molecular flexibility index (Phi) is 8.98. The van der Waals surface area contributed by atoms with Gasteiger partial charge in [-0.15, -0.1) is 24.0 Å². The molecule has 1 heterocycles. The fourth-order valence-corrected chi connectivity index (χ4v) is 2.98. The summed E-state index contributed by atoms with van der Waals surface area (Å²) in [5.74, 6) is 2.87. The standard InChI is InChI=1S/C20H24ClN3O3.HI/c1-3-22-20(23-12-14-4-6-16(25-2)7-5-14)24-13-15-10-17(21)19-18(11-15)26-8-9-27-19;/h4-7,10-11H,3,8-9,12-13H2,1-2H3,(H2,22,23,24);1H. The van der Waals surface area contributed by atoms with E-state index in [-0.39, 0.29) is 24.0 Å². The van der Waals surface area contributed by atoms with E-state index in [0.29, 0.717) is 42.8 Å². The van der Waals surface area contributed by atoms with Crippen LogP contribution >= 0.6 is 35.6 Å². The van der Waals surface area contributed by atoms with Crippen LogP contribution in [0.5, 0.6) is 17.2 Å². The predicted molar refractivity (Wildman–Crippen MR) is 123 cm³/mol. The van der Waals surface area contributed by atoms with Crippen LogP contribution in [0.1, 0.15) is 18.1 Å². The molecule has 0 aromatic heterocycles. The van der Waals surface area contributed by atoms with Crippen molar-refractivity contribution in [1.82, 2.24) is 10.6 Å². The molecule has 0 bridgehead atoms. The number of ether oxygens (including phenoxy) is 3. The molecule has 0 amide bonds. The van der Waals surface area contributed by atoms with Gasteiger partial charge in [-0.3, -0.25) is 0 Å². The third kappa shape index (κ3) is 6.07. The smallest absolute Gasteiger partial charge is 0.191 e. The highest BCUT2D eigenvalue weighted by atomic mass is 127. The molecule has 2 aromatic rings. The van der Waals surface area contributed by atoms with Crippen molar-refractivity contribution in [2.24, 2.45) is 4.99 Å². The van der Waals surface area contributed by atoms with Gasteiger partial charge in [-0.25, -0.2) is 4.99 Å². The molecule has 1 aliphatic heterocycles. The van der Waals surface area contributed by atoms with E-state index in [1.807, 2.05) is 43.3 Å². The first-order valence-electron chi connectivity index (χ1n) is 8.92. The van der Waals surface area contributed by atoms with E-state index in [2.05, 4.69) is 15.6 Å². The Hall–Kier alpha value is -1.87. The summed E-state index contributed by atoms with van der Waals surface area (Å²) in [7, 11) is 1.66. The van der Waals surface area contributed by atoms with Crippen molar-refractivity contribution in [3.63, 3.8) is 0 Å². The average Bonchev–Trinajstić information content (AvgIpc) is 2.70. The van der Waals surface area contributed by atoms with E-state index in [0.717, 1.165) is 29.4 Å². The van der Waals surface area contributed by atoms with E-state index in [4.69, 9.17) is 25.8 Å². The lowest BCUT2D eigenvalue weighted by Crippen LogP contribution is -2.36. The van der Waals surface area contributed by atoms with E-state index in [1.165, 1.54) is 0 Å². The van der Waals surface area contributed by atoms with Crippen molar-refractivity contribution < 1.29 is 14.2 Å². The van der Waals surface area contributed by atoms with E-state index >= 15 is 0 Å². The van der Waals surface area contributed by atoms with Gasteiger partial charge in [0.2, 0.25) is 0 Å². The number of aliphatic imine (C=N–C) groups is 1. The van der Waals surface area contributed by atoms with Crippen molar-refractivity contribution in [2.45, 2.75) is 20.0 Å². The number of hydrogen-bond donors (Lipinski definition) is 2. The van der Waals surface area contributed by atoms with Crippen LogP contribution in [0, 0.1) is 0 Å². The monoisotopic (exact) mass is 517 g/mol. The van der Waals surface area contributed by atoms with Crippen LogP contribution in [0.15, 0.2) is 41.4 Å². The van der Waals surface area contributed by atoms with Crippen LogP contribution < -0.4 is 24.8 Å². The largest absolute Gasteiger partial charge is 0.497 e. The number of nitrogens with zero attached hydrogens (tertiary/aromatic N) is 1. The molecule has 6 nitrogen and oxygen atoms in total. The van der Waals surface area contributed by atoms with Crippen LogP contribution in [-0.2, 0) is 13.1 Å². The lowest BCUT2D eigenvalue weighted by atomic mass is 10.2. The van der Waals surface area contributed by atoms with Crippen molar-refractivity contribution >= 4 is 41.5 Å². The van der Waals surface area contributed by atoms with Gasteiger partial charge >= 0.3 is 0 Å². The summed E-state index contributed by atoms with van der Waals surface area (Å²) in [6, 6.07) is 11.7. The number of nitrogens with one attached hydrogen (secondary N) is 2. The van der Waals surface area contributed by atoms with Gasteiger partial charge in [0, 0.05) is 13.1 Å². The first-order chi connectivity index (χ1) is 13.2. The summed E-state index contributed by atoms with van der Waals surface area (Å²) >= 11 is 6.29. The molecular weight excluding hydrogens is 493 g/mol. The van der Waals surface area contributed by atoms with Crippen molar-refractivity contribution in [3.8, 4) is 17.2 Å². The minimum Gasteiger partial charge on any atom is -0.497 e. The van der Waals surface area contributed by atoms with Gasteiger partial charge in [-0.2, -0.15) is 0 Å². The van der Waals surface area contributed by atoms with Crippen molar-refractivity contribution in [3.05, 3.63) is 52.5 Å². The highest BCUT2D eigenvalue weighted by Gasteiger charge is 2.16. The van der Waals surface area contributed by atoms with E-state index < -0.39 is 0 Å². The van der Waals surface area contributed by atoms with Crippen LogP contribution in [0.2, 0.25) is 5.02 Å². The molecule has 2 N–H and O–H groups in total. The fourth-order valence-electron chi connectivity index (χ4n) is 2.70. The summed E-state index contributed by atoms with van der Waals surface area (Å²) < 4.78 is 16.4. The van der Waals surface area contributed by atoms with Crippen molar-refractivity contribution in [1.29, 1.82) is 0 Å². The number of benzene rings is 2.